The second kappa shape index (κ2) is 10.2. The van der Waals surface area contributed by atoms with Crippen molar-refractivity contribution in [3.63, 3.8) is 0 Å². The molecule has 0 spiro atoms. The number of hydrogen-bond acceptors (Lipinski definition) is 5. The summed E-state index contributed by atoms with van der Waals surface area (Å²) in [5.41, 5.74) is 3.84. The van der Waals surface area contributed by atoms with E-state index in [-0.39, 0.29) is 12.5 Å². The summed E-state index contributed by atoms with van der Waals surface area (Å²) in [6.07, 6.45) is 0. The Kier molecular flexibility index (Phi) is 6.87. The summed E-state index contributed by atoms with van der Waals surface area (Å²) in [4.78, 5) is 12.6. The van der Waals surface area contributed by atoms with Gasteiger partial charge in [-0.1, -0.05) is 59.8 Å². The number of aryl methyl sites for hydroxylation is 1. The molecule has 6 nitrogen and oxygen atoms in total. The quantitative estimate of drug-likeness (QED) is 0.395. The number of nitrogens with one attached hydrogen (secondary N) is 1. The van der Waals surface area contributed by atoms with Crippen molar-refractivity contribution >= 4 is 17.7 Å². The van der Waals surface area contributed by atoms with Crippen LogP contribution >= 0.6 is 11.8 Å². The van der Waals surface area contributed by atoms with Crippen molar-refractivity contribution < 1.29 is 9.53 Å². The fraction of sp³-hybridized carbons (Fsp3) is 0.160. The first-order valence-electron chi connectivity index (χ1n) is 10.2. The second-order valence-corrected chi connectivity index (χ2v) is 8.20. The van der Waals surface area contributed by atoms with Crippen molar-refractivity contribution in [2.75, 3.05) is 7.11 Å². The molecule has 0 aliphatic rings. The third kappa shape index (κ3) is 5.18. The zero-order chi connectivity index (χ0) is 22.3. The zero-order valence-corrected chi connectivity index (χ0v) is 18.8. The van der Waals surface area contributed by atoms with Gasteiger partial charge >= 0.3 is 0 Å². The maximum Gasteiger partial charge on any atom is 0.251 e. The van der Waals surface area contributed by atoms with Crippen LogP contribution < -0.4 is 10.1 Å². The summed E-state index contributed by atoms with van der Waals surface area (Å²) in [5, 5.41) is 12.5. The number of carbonyl (C=O) groups excluding carboxylic acids is 1. The number of aromatic nitrogens is 3. The van der Waals surface area contributed by atoms with Crippen LogP contribution in [0.5, 0.6) is 5.75 Å². The normalized spacial score (nSPS) is 10.7. The van der Waals surface area contributed by atoms with Crippen LogP contribution in [0, 0.1) is 6.92 Å². The molecular weight excluding hydrogens is 420 g/mol. The van der Waals surface area contributed by atoms with E-state index in [4.69, 9.17) is 4.74 Å². The first kappa shape index (κ1) is 21.6. The number of carbonyl (C=O) groups is 1. The molecule has 0 radical (unpaired) electrons. The molecule has 1 heterocycles. The summed E-state index contributed by atoms with van der Waals surface area (Å²) in [7, 11) is 1.64. The molecule has 162 valence electrons. The Hall–Kier alpha value is -3.58. The standard InChI is InChI=1S/C25H24N4O2S/c1-18-8-10-20(11-9-18)24(30)26-16-23-27-28-25(32-17-19-6-4-3-5-7-19)29(23)21-12-14-22(31-2)15-13-21/h3-15H,16-17H2,1-2H3,(H,26,30). The molecular formula is C25H24N4O2S. The van der Waals surface area contributed by atoms with E-state index in [0.717, 1.165) is 27.9 Å². The predicted molar refractivity (Wildman–Crippen MR) is 126 cm³/mol. The summed E-state index contributed by atoms with van der Waals surface area (Å²) >= 11 is 1.60. The Bertz CT molecular complexity index is 1170. The number of thioether (sulfide) groups is 1. The van der Waals surface area contributed by atoms with Gasteiger partial charge in [-0.15, -0.1) is 10.2 Å². The van der Waals surface area contributed by atoms with Gasteiger partial charge in [-0.25, -0.2) is 0 Å². The Morgan fingerprint density at radius 3 is 2.38 bits per heavy atom. The molecule has 1 aromatic heterocycles. The van der Waals surface area contributed by atoms with E-state index in [9.17, 15) is 4.79 Å². The minimum absolute atomic E-state index is 0.146. The molecule has 0 atom stereocenters. The molecule has 0 bridgehead atoms. The van der Waals surface area contributed by atoms with Crippen molar-refractivity contribution in [3.05, 3.63) is 101 Å². The fourth-order valence-corrected chi connectivity index (χ4v) is 4.11. The van der Waals surface area contributed by atoms with E-state index in [1.807, 2.05) is 78.2 Å². The molecule has 4 aromatic rings. The molecule has 0 aliphatic carbocycles. The average molecular weight is 445 g/mol. The molecule has 3 aromatic carbocycles. The Morgan fingerprint density at radius 2 is 1.69 bits per heavy atom. The van der Waals surface area contributed by atoms with Crippen LogP contribution in [0.4, 0.5) is 0 Å². The van der Waals surface area contributed by atoms with E-state index in [1.165, 1.54) is 5.56 Å². The molecule has 0 saturated heterocycles. The molecule has 0 fully saturated rings. The minimum Gasteiger partial charge on any atom is -0.497 e. The van der Waals surface area contributed by atoms with Crippen LogP contribution in [0.15, 0.2) is 84.0 Å². The molecule has 4 rings (SSSR count). The minimum atomic E-state index is -0.146. The highest BCUT2D eigenvalue weighted by Gasteiger charge is 2.16. The second-order valence-electron chi connectivity index (χ2n) is 7.26. The van der Waals surface area contributed by atoms with Gasteiger partial charge < -0.3 is 10.1 Å². The molecule has 0 saturated carbocycles. The number of rotatable bonds is 8. The maximum atomic E-state index is 12.6. The van der Waals surface area contributed by atoms with Crippen LogP contribution in [0.2, 0.25) is 0 Å². The summed E-state index contributed by atoms with van der Waals surface area (Å²) < 4.78 is 7.26. The third-order valence-electron chi connectivity index (χ3n) is 4.96. The third-order valence-corrected chi connectivity index (χ3v) is 5.96. The van der Waals surface area contributed by atoms with Crippen LogP contribution in [0.1, 0.15) is 27.3 Å². The lowest BCUT2D eigenvalue weighted by molar-refractivity contribution is 0.0949. The van der Waals surface area contributed by atoms with Crippen molar-refractivity contribution in [2.24, 2.45) is 0 Å². The molecule has 7 heteroatoms. The van der Waals surface area contributed by atoms with E-state index in [0.29, 0.717) is 11.4 Å². The van der Waals surface area contributed by atoms with E-state index in [2.05, 4.69) is 27.6 Å². The molecule has 32 heavy (non-hydrogen) atoms. The molecule has 1 N–H and O–H groups in total. The zero-order valence-electron chi connectivity index (χ0n) is 18.0. The van der Waals surface area contributed by atoms with E-state index < -0.39 is 0 Å². The van der Waals surface area contributed by atoms with Gasteiger partial charge in [0.15, 0.2) is 11.0 Å². The van der Waals surface area contributed by atoms with Gasteiger partial charge in [-0.05, 0) is 48.9 Å². The lowest BCUT2D eigenvalue weighted by atomic mass is 10.1. The van der Waals surface area contributed by atoms with E-state index in [1.54, 1.807) is 18.9 Å². The van der Waals surface area contributed by atoms with Gasteiger partial charge in [0.25, 0.3) is 5.91 Å². The maximum absolute atomic E-state index is 12.6. The first-order chi connectivity index (χ1) is 15.6. The number of nitrogens with zero attached hydrogens (tertiary/aromatic N) is 3. The largest absolute Gasteiger partial charge is 0.497 e. The number of amides is 1. The topological polar surface area (TPSA) is 69.0 Å². The van der Waals surface area contributed by atoms with Gasteiger partial charge in [0.05, 0.1) is 13.7 Å². The number of ether oxygens (including phenoxy) is 1. The van der Waals surface area contributed by atoms with Gasteiger partial charge in [-0.3, -0.25) is 9.36 Å². The molecule has 1 amide bonds. The lowest BCUT2D eigenvalue weighted by Gasteiger charge is -2.12. The smallest absolute Gasteiger partial charge is 0.251 e. The van der Waals surface area contributed by atoms with E-state index >= 15 is 0 Å². The van der Waals surface area contributed by atoms with Crippen molar-refractivity contribution in [2.45, 2.75) is 24.4 Å². The van der Waals surface area contributed by atoms with Crippen LogP contribution in [0.25, 0.3) is 5.69 Å². The van der Waals surface area contributed by atoms with Gasteiger partial charge in [0, 0.05) is 17.0 Å². The van der Waals surface area contributed by atoms with Gasteiger partial charge in [0.2, 0.25) is 0 Å². The fourth-order valence-electron chi connectivity index (χ4n) is 3.19. The summed E-state index contributed by atoms with van der Waals surface area (Å²) in [6, 6.07) is 25.4. The molecule has 0 unspecified atom stereocenters. The summed E-state index contributed by atoms with van der Waals surface area (Å²) in [5.74, 6) is 2.05. The summed E-state index contributed by atoms with van der Waals surface area (Å²) in [6.45, 7) is 2.26. The lowest BCUT2D eigenvalue weighted by Crippen LogP contribution is -2.24. The number of benzene rings is 3. The van der Waals surface area contributed by atoms with Crippen molar-refractivity contribution in [3.8, 4) is 11.4 Å². The van der Waals surface area contributed by atoms with Crippen LogP contribution in [-0.4, -0.2) is 27.8 Å². The Morgan fingerprint density at radius 1 is 0.969 bits per heavy atom. The Balaban J connectivity index is 1.57. The first-order valence-corrected chi connectivity index (χ1v) is 11.2. The predicted octanol–water partition coefficient (Wildman–Crippen LogP) is 4.81. The van der Waals surface area contributed by atoms with Crippen molar-refractivity contribution in [1.82, 2.24) is 20.1 Å². The number of methoxy groups -OCH3 is 1. The van der Waals surface area contributed by atoms with Crippen LogP contribution in [0.3, 0.4) is 0 Å². The monoisotopic (exact) mass is 444 g/mol. The molecule has 0 aliphatic heterocycles. The van der Waals surface area contributed by atoms with Crippen molar-refractivity contribution in [1.29, 1.82) is 0 Å². The highest BCUT2D eigenvalue weighted by Crippen LogP contribution is 2.26. The Labute approximate surface area is 191 Å². The van der Waals surface area contributed by atoms with Gasteiger partial charge in [-0.2, -0.15) is 0 Å². The highest BCUT2D eigenvalue weighted by molar-refractivity contribution is 7.98. The highest BCUT2D eigenvalue weighted by atomic mass is 32.2. The average Bonchev–Trinajstić information content (AvgIpc) is 3.25. The number of hydrogen-bond donors (Lipinski definition) is 1. The SMILES string of the molecule is COc1ccc(-n2c(CNC(=O)c3ccc(C)cc3)nnc2SCc2ccccc2)cc1. The van der Waals surface area contributed by atoms with Crippen LogP contribution in [-0.2, 0) is 12.3 Å². The van der Waals surface area contributed by atoms with Gasteiger partial charge in [0.1, 0.15) is 5.75 Å².